The Morgan fingerprint density at radius 3 is 2.53 bits per heavy atom. The van der Waals surface area contributed by atoms with Crippen LogP contribution in [0.15, 0.2) is 35.1 Å². The topological polar surface area (TPSA) is 62.0 Å². The summed E-state index contributed by atoms with van der Waals surface area (Å²) in [6, 6.07) is 9.87. The molecule has 6 heteroatoms. The highest BCUT2D eigenvalue weighted by Gasteiger charge is 2.23. The van der Waals surface area contributed by atoms with E-state index < -0.39 is 0 Å². The number of carbonyl (C=O) groups is 1. The van der Waals surface area contributed by atoms with Crippen LogP contribution in [0.4, 0.5) is 5.69 Å². The lowest BCUT2D eigenvalue weighted by atomic mass is 10.1. The van der Waals surface area contributed by atoms with Gasteiger partial charge in [0.05, 0.1) is 15.4 Å². The average Bonchev–Trinajstić information content (AvgIpc) is 2.91. The van der Waals surface area contributed by atoms with Crippen LogP contribution in [0.2, 0.25) is 0 Å². The van der Waals surface area contributed by atoms with Crippen LogP contribution in [0.3, 0.4) is 0 Å². The van der Waals surface area contributed by atoms with Gasteiger partial charge in [0.2, 0.25) is 5.91 Å². The molecule has 1 amide bonds. The number of amides is 1. The van der Waals surface area contributed by atoms with Crippen LogP contribution in [0.25, 0.3) is 21.0 Å². The number of nitrogens with one attached hydrogen (secondary N) is 2. The summed E-state index contributed by atoms with van der Waals surface area (Å²) in [5.74, 6) is -0.238. The van der Waals surface area contributed by atoms with Gasteiger partial charge in [0.1, 0.15) is 5.69 Å². The van der Waals surface area contributed by atoms with Crippen LogP contribution in [-0.2, 0) is 4.79 Å². The lowest BCUT2D eigenvalue weighted by Crippen LogP contribution is -2.13. The minimum Gasteiger partial charge on any atom is -0.320 e. The number of hydrogen-bond acceptors (Lipinski definition) is 4. The number of fused-ring (bicyclic) bond motifs is 1. The maximum Gasteiger partial charge on any atom is 0.273 e. The molecule has 0 saturated heterocycles. The highest BCUT2D eigenvalue weighted by molar-refractivity contribution is 7.72. The fraction of sp³-hybridized carbons (Fsp3) is 0.0769. The van der Waals surface area contributed by atoms with Crippen molar-refractivity contribution < 1.29 is 4.79 Å². The van der Waals surface area contributed by atoms with Gasteiger partial charge in [0.15, 0.2) is 0 Å². The quantitative estimate of drug-likeness (QED) is 0.712. The van der Waals surface area contributed by atoms with E-state index in [0.29, 0.717) is 5.69 Å². The lowest BCUT2D eigenvalue weighted by Gasteiger charge is -1.98. The van der Waals surface area contributed by atoms with Gasteiger partial charge in [0, 0.05) is 6.92 Å². The summed E-state index contributed by atoms with van der Waals surface area (Å²) in [6.45, 7) is 1.40. The van der Waals surface area contributed by atoms with Crippen LogP contribution < -0.4 is 10.9 Å². The number of H-pyrrole nitrogens is 1. The number of anilines is 1. The molecule has 2 heterocycles. The third-order valence-electron chi connectivity index (χ3n) is 2.69. The third-order valence-corrected chi connectivity index (χ3v) is 5.21. The van der Waals surface area contributed by atoms with Crippen molar-refractivity contribution in [3.8, 4) is 21.0 Å². The SMILES string of the molecule is CC(=O)Nc1c2ssc(-c3ccccc3)c-2[nH]c1=O. The van der Waals surface area contributed by atoms with E-state index in [-0.39, 0.29) is 11.5 Å². The Balaban J connectivity index is 2.13. The van der Waals surface area contributed by atoms with Crippen molar-refractivity contribution in [3.63, 3.8) is 0 Å². The van der Waals surface area contributed by atoms with Gasteiger partial charge in [-0.1, -0.05) is 51.0 Å². The second kappa shape index (κ2) is 4.64. The second-order valence-electron chi connectivity index (χ2n) is 4.08. The molecule has 2 aliphatic rings. The fourth-order valence-corrected chi connectivity index (χ4v) is 4.60. The average molecular weight is 290 g/mol. The summed E-state index contributed by atoms with van der Waals surface area (Å²) in [4.78, 5) is 27.6. The number of carbonyl (C=O) groups excluding carboxylic acids is 1. The van der Waals surface area contributed by atoms with Gasteiger partial charge in [0.25, 0.3) is 5.56 Å². The monoisotopic (exact) mass is 290 g/mol. The zero-order chi connectivity index (χ0) is 13.4. The molecule has 0 bridgehead atoms. The van der Waals surface area contributed by atoms with E-state index in [2.05, 4.69) is 10.3 Å². The smallest absolute Gasteiger partial charge is 0.273 e. The Morgan fingerprint density at radius 1 is 1.16 bits per heavy atom. The molecule has 1 aromatic carbocycles. The minimum atomic E-state index is -0.249. The van der Waals surface area contributed by atoms with E-state index >= 15 is 0 Å². The maximum atomic E-state index is 11.9. The molecule has 0 atom stereocenters. The molecule has 3 rings (SSSR count). The molecular formula is C13H10N2O2S2. The zero-order valence-electron chi connectivity index (χ0n) is 10.0. The van der Waals surface area contributed by atoms with Gasteiger partial charge in [-0.05, 0) is 5.56 Å². The van der Waals surface area contributed by atoms with Crippen LogP contribution in [0, 0.1) is 0 Å². The van der Waals surface area contributed by atoms with Crippen molar-refractivity contribution in [2.75, 3.05) is 5.32 Å². The predicted octanol–water partition coefficient (Wildman–Crippen LogP) is 3.23. The first-order valence-corrected chi connectivity index (χ1v) is 7.79. The van der Waals surface area contributed by atoms with Crippen LogP contribution >= 0.6 is 20.7 Å². The van der Waals surface area contributed by atoms with Gasteiger partial charge >= 0.3 is 0 Å². The molecule has 2 aliphatic heterocycles. The number of aromatic nitrogens is 1. The summed E-state index contributed by atoms with van der Waals surface area (Å²) in [5, 5.41) is 2.60. The van der Waals surface area contributed by atoms with Crippen LogP contribution in [-0.4, -0.2) is 10.9 Å². The van der Waals surface area contributed by atoms with Crippen molar-refractivity contribution in [3.05, 3.63) is 40.7 Å². The predicted molar refractivity (Wildman–Crippen MR) is 79.2 cm³/mol. The zero-order valence-corrected chi connectivity index (χ0v) is 11.7. The Bertz CT molecular complexity index is 755. The normalized spacial score (nSPS) is 10.8. The third kappa shape index (κ3) is 2.09. The molecular weight excluding hydrogens is 280 g/mol. The first kappa shape index (κ1) is 12.1. The highest BCUT2D eigenvalue weighted by Crippen LogP contribution is 2.45. The summed E-state index contributed by atoms with van der Waals surface area (Å²) in [6.07, 6.45) is 0. The maximum absolute atomic E-state index is 11.9. The van der Waals surface area contributed by atoms with E-state index in [4.69, 9.17) is 0 Å². The molecule has 19 heavy (non-hydrogen) atoms. The largest absolute Gasteiger partial charge is 0.320 e. The molecule has 2 N–H and O–H groups in total. The summed E-state index contributed by atoms with van der Waals surface area (Å²) >= 11 is 0. The molecule has 0 radical (unpaired) electrons. The van der Waals surface area contributed by atoms with Gasteiger partial charge in [-0.15, -0.1) is 0 Å². The van der Waals surface area contributed by atoms with Crippen LogP contribution in [0.5, 0.6) is 0 Å². The Hall–Kier alpha value is -1.92. The van der Waals surface area contributed by atoms with Gasteiger partial charge in [-0.2, -0.15) is 0 Å². The summed E-state index contributed by atoms with van der Waals surface area (Å²) in [5.41, 5.74) is 1.97. The Morgan fingerprint density at radius 2 is 1.84 bits per heavy atom. The molecule has 96 valence electrons. The molecule has 0 saturated carbocycles. The molecule has 4 nitrogen and oxygen atoms in total. The van der Waals surface area contributed by atoms with E-state index in [1.165, 1.54) is 17.3 Å². The summed E-state index contributed by atoms with van der Waals surface area (Å²) in [7, 11) is 3.09. The van der Waals surface area contributed by atoms with Gasteiger partial charge in [-0.25, -0.2) is 0 Å². The second-order valence-corrected chi connectivity index (χ2v) is 6.23. The van der Waals surface area contributed by atoms with Crippen molar-refractivity contribution >= 4 is 32.3 Å². The molecule has 0 unspecified atom stereocenters. The first-order valence-electron chi connectivity index (χ1n) is 5.64. The van der Waals surface area contributed by atoms with Crippen molar-refractivity contribution in [2.24, 2.45) is 0 Å². The standard InChI is InChI=1S/C13H10N2O2S2/c1-7(16)14-10-12-9(15-13(10)17)11(18-19-12)8-5-3-2-4-6-8/h2-6H,1H3,(H,14,16)(H,15,17). The van der Waals surface area contributed by atoms with E-state index in [9.17, 15) is 9.59 Å². The number of hydrogen-bond donors (Lipinski definition) is 2. The van der Waals surface area contributed by atoms with Crippen molar-refractivity contribution in [2.45, 2.75) is 6.92 Å². The lowest BCUT2D eigenvalue weighted by molar-refractivity contribution is -0.114. The van der Waals surface area contributed by atoms with Crippen molar-refractivity contribution in [1.82, 2.24) is 4.98 Å². The highest BCUT2D eigenvalue weighted by atomic mass is 32.9. The summed E-state index contributed by atoms with van der Waals surface area (Å²) < 4.78 is 0. The Labute approximate surface area is 116 Å². The number of benzene rings is 1. The van der Waals surface area contributed by atoms with E-state index in [1.54, 1.807) is 10.3 Å². The minimum absolute atomic E-state index is 0.238. The van der Waals surface area contributed by atoms with Gasteiger partial charge < -0.3 is 10.3 Å². The first-order chi connectivity index (χ1) is 9.16. The van der Waals surface area contributed by atoms with Gasteiger partial charge in [-0.3, -0.25) is 9.59 Å². The van der Waals surface area contributed by atoms with Crippen LogP contribution in [0.1, 0.15) is 6.92 Å². The molecule has 1 aromatic rings. The Kier molecular flexibility index (Phi) is 2.96. The molecule has 0 aliphatic carbocycles. The number of aromatic amines is 1. The fourth-order valence-electron chi connectivity index (χ4n) is 1.90. The number of rotatable bonds is 2. The molecule has 0 fully saturated rings. The van der Waals surface area contributed by atoms with E-state index in [1.807, 2.05) is 30.3 Å². The molecule has 0 aromatic heterocycles. The van der Waals surface area contributed by atoms with E-state index in [0.717, 1.165) is 21.0 Å². The van der Waals surface area contributed by atoms with Crippen molar-refractivity contribution in [1.29, 1.82) is 0 Å². The molecule has 0 spiro atoms.